The Hall–Kier alpha value is -2.23. The number of imide groups is 1. The van der Waals surface area contributed by atoms with E-state index in [-0.39, 0.29) is 24.1 Å². The molecule has 0 radical (unpaired) electrons. The van der Waals surface area contributed by atoms with E-state index in [1.807, 2.05) is 18.2 Å². The number of benzene rings is 1. The van der Waals surface area contributed by atoms with Crippen LogP contribution in [0.5, 0.6) is 0 Å². The van der Waals surface area contributed by atoms with E-state index in [0.717, 1.165) is 41.5 Å². The monoisotopic (exact) mass is 470 g/mol. The van der Waals surface area contributed by atoms with E-state index in [1.54, 1.807) is 28.0 Å². The number of nitrogens with one attached hydrogen (secondary N) is 1. The number of carbonyl (C=O) groups excluding carboxylic acids is 3. The van der Waals surface area contributed by atoms with Crippen molar-refractivity contribution in [1.29, 1.82) is 0 Å². The lowest BCUT2D eigenvalue weighted by molar-refractivity contribution is -0.136. The minimum atomic E-state index is -0.582. The maximum Gasteiger partial charge on any atom is 0.255 e. The van der Waals surface area contributed by atoms with Crippen molar-refractivity contribution in [2.75, 3.05) is 13.1 Å². The Bertz CT molecular complexity index is 1050. The van der Waals surface area contributed by atoms with E-state index in [0.29, 0.717) is 18.5 Å². The van der Waals surface area contributed by atoms with E-state index in [4.69, 9.17) is 4.98 Å². The summed E-state index contributed by atoms with van der Waals surface area (Å²) in [5.74, 6) is -0.0242. The Morgan fingerprint density at radius 1 is 1.16 bits per heavy atom. The molecule has 5 rings (SSSR count). The number of aromatic nitrogens is 1. The summed E-state index contributed by atoms with van der Waals surface area (Å²) >= 11 is 3.41. The van der Waals surface area contributed by atoms with Crippen molar-refractivity contribution < 1.29 is 14.4 Å². The number of hydrogen-bond donors (Lipinski definition) is 1. The molecule has 1 aromatic carbocycles. The molecule has 2 saturated heterocycles. The van der Waals surface area contributed by atoms with E-state index in [1.165, 1.54) is 24.3 Å². The first kappa shape index (κ1) is 21.6. The molecule has 3 amide bonds. The highest BCUT2D eigenvalue weighted by molar-refractivity contribution is 7.98. The Labute approximate surface area is 195 Å². The first-order valence-electron chi connectivity index (χ1n) is 11.1. The minimum Gasteiger partial charge on any atom is -0.322 e. The lowest BCUT2D eigenvalue weighted by atomic mass is 10.0. The summed E-state index contributed by atoms with van der Waals surface area (Å²) in [4.78, 5) is 46.7. The van der Waals surface area contributed by atoms with Crippen LogP contribution in [-0.2, 0) is 28.4 Å². The molecule has 0 aliphatic carbocycles. The molecule has 168 valence electrons. The van der Waals surface area contributed by atoms with Gasteiger partial charge in [-0.15, -0.1) is 23.1 Å². The molecule has 2 fully saturated rings. The topological polar surface area (TPSA) is 82.6 Å². The molecule has 0 bridgehead atoms. The van der Waals surface area contributed by atoms with Gasteiger partial charge in [0.2, 0.25) is 11.8 Å². The summed E-state index contributed by atoms with van der Waals surface area (Å²) in [7, 11) is 0. The molecule has 2 aromatic rings. The largest absolute Gasteiger partial charge is 0.322 e. The Morgan fingerprint density at radius 2 is 2.00 bits per heavy atom. The predicted octanol–water partition coefficient (Wildman–Crippen LogP) is 3.18. The fourth-order valence-electron chi connectivity index (χ4n) is 4.64. The van der Waals surface area contributed by atoms with Crippen molar-refractivity contribution in [2.45, 2.75) is 61.9 Å². The van der Waals surface area contributed by atoms with Gasteiger partial charge in [0.1, 0.15) is 11.0 Å². The highest BCUT2D eigenvalue weighted by Gasteiger charge is 2.39. The van der Waals surface area contributed by atoms with Gasteiger partial charge in [-0.05, 0) is 50.0 Å². The third-order valence-corrected chi connectivity index (χ3v) is 8.34. The number of thioether (sulfide) groups is 1. The first-order chi connectivity index (χ1) is 15.6. The molecule has 32 heavy (non-hydrogen) atoms. The van der Waals surface area contributed by atoms with Crippen LogP contribution in [0.25, 0.3) is 0 Å². The number of piperidine rings is 2. The SMILES string of the molecule is O=C1CCC(N2Cc3c(SCc4csc(CN5CCCCC5)n4)cccc3C2=O)C(=O)N1. The van der Waals surface area contributed by atoms with Gasteiger partial charge in [-0.25, -0.2) is 4.98 Å². The molecular weight excluding hydrogens is 444 g/mol. The van der Waals surface area contributed by atoms with Crippen LogP contribution >= 0.6 is 23.1 Å². The number of fused-ring (bicyclic) bond motifs is 1. The van der Waals surface area contributed by atoms with Crippen molar-refractivity contribution in [3.63, 3.8) is 0 Å². The molecule has 1 N–H and O–H groups in total. The number of amides is 3. The van der Waals surface area contributed by atoms with Crippen molar-refractivity contribution in [3.8, 4) is 0 Å². The van der Waals surface area contributed by atoms with Crippen LogP contribution in [-0.4, -0.2) is 51.6 Å². The Balaban J connectivity index is 1.24. The molecule has 0 saturated carbocycles. The van der Waals surface area contributed by atoms with Gasteiger partial charge in [0.25, 0.3) is 5.91 Å². The van der Waals surface area contributed by atoms with Gasteiger partial charge in [-0.3, -0.25) is 24.6 Å². The summed E-state index contributed by atoms with van der Waals surface area (Å²) in [5.41, 5.74) is 2.69. The molecule has 3 aliphatic heterocycles. The van der Waals surface area contributed by atoms with Crippen molar-refractivity contribution in [1.82, 2.24) is 20.1 Å². The second kappa shape index (κ2) is 9.33. The van der Waals surface area contributed by atoms with Crippen LogP contribution in [0.4, 0.5) is 0 Å². The van der Waals surface area contributed by atoms with Gasteiger partial charge >= 0.3 is 0 Å². The molecule has 7 nitrogen and oxygen atoms in total. The van der Waals surface area contributed by atoms with Gasteiger partial charge in [0, 0.05) is 34.6 Å². The van der Waals surface area contributed by atoms with Crippen LogP contribution in [0.15, 0.2) is 28.5 Å². The van der Waals surface area contributed by atoms with Crippen LogP contribution < -0.4 is 5.32 Å². The number of thiazole rings is 1. The zero-order chi connectivity index (χ0) is 22.1. The third kappa shape index (κ3) is 4.46. The smallest absolute Gasteiger partial charge is 0.255 e. The van der Waals surface area contributed by atoms with E-state index < -0.39 is 6.04 Å². The van der Waals surface area contributed by atoms with E-state index in [2.05, 4.69) is 15.6 Å². The van der Waals surface area contributed by atoms with Gasteiger partial charge in [0.05, 0.1) is 12.2 Å². The minimum absolute atomic E-state index is 0.130. The lowest BCUT2D eigenvalue weighted by Gasteiger charge is -2.29. The molecule has 9 heteroatoms. The second-order valence-electron chi connectivity index (χ2n) is 8.54. The predicted molar refractivity (Wildman–Crippen MR) is 123 cm³/mol. The number of likely N-dealkylation sites (tertiary alicyclic amines) is 1. The summed E-state index contributed by atoms with van der Waals surface area (Å²) < 4.78 is 0. The number of carbonyl (C=O) groups is 3. The van der Waals surface area contributed by atoms with Crippen LogP contribution in [0.1, 0.15) is 58.7 Å². The summed E-state index contributed by atoms with van der Waals surface area (Å²) in [5, 5.41) is 5.66. The zero-order valence-corrected chi connectivity index (χ0v) is 19.5. The van der Waals surface area contributed by atoms with Crippen LogP contribution in [0.2, 0.25) is 0 Å². The first-order valence-corrected chi connectivity index (χ1v) is 13.0. The van der Waals surface area contributed by atoms with Crippen molar-refractivity contribution >= 4 is 40.8 Å². The Kier molecular flexibility index (Phi) is 6.30. The Morgan fingerprint density at radius 3 is 2.81 bits per heavy atom. The fourth-order valence-corrected chi connectivity index (χ4v) is 6.56. The van der Waals surface area contributed by atoms with Crippen LogP contribution in [0, 0.1) is 0 Å². The second-order valence-corrected chi connectivity index (χ2v) is 10.5. The molecular formula is C23H26N4O3S2. The highest BCUT2D eigenvalue weighted by atomic mass is 32.2. The molecule has 0 spiro atoms. The van der Waals surface area contributed by atoms with E-state index >= 15 is 0 Å². The molecule has 1 unspecified atom stereocenters. The number of rotatable bonds is 6. The number of nitrogens with zero attached hydrogens (tertiary/aromatic N) is 3. The maximum atomic E-state index is 13.0. The summed E-state index contributed by atoms with van der Waals surface area (Å²) in [6, 6.07) is 5.18. The normalized spacial score (nSPS) is 21.7. The summed E-state index contributed by atoms with van der Waals surface area (Å²) in [6.07, 6.45) is 4.54. The molecule has 4 heterocycles. The molecule has 3 aliphatic rings. The van der Waals surface area contributed by atoms with Crippen molar-refractivity contribution in [2.24, 2.45) is 0 Å². The number of hydrogen-bond acceptors (Lipinski definition) is 7. The molecule has 1 aromatic heterocycles. The van der Waals surface area contributed by atoms with E-state index in [9.17, 15) is 14.4 Å². The zero-order valence-electron chi connectivity index (χ0n) is 17.8. The van der Waals surface area contributed by atoms with Gasteiger partial charge in [-0.1, -0.05) is 12.5 Å². The summed E-state index contributed by atoms with van der Waals surface area (Å²) in [6.45, 7) is 3.67. The highest BCUT2D eigenvalue weighted by Crippen LogP contribution is 2.35. The lowest BCUT2D eigenvalue weighted by Crippen LogP contribution is -2.52. The average molecular weight is 471 g/mol. The third-order valence-electron chi connectivity index (χ3n) is 6.32. The maximum absolute atomic E-state index is 13.0. The average Bonchev–Trinajstić information content (AvgIpc) is 3.38. The van der Waals surface area contributed by atoms with Gasteiger partial charge in [-0.2, -0.15) is 0 Å². The van der Waals surface area contributed by atoms with Gasteiger partial charge < -0.3 is 4.90 Å². The fraction of sp³-hybridized carbons (Fsp3) is 0.478. The molecule has 1 atom stereocenters. The van der Waals surface area contributed by atoms with Crippen molar-refractivity contribution in [3.05, 3.63) is 45.4 Å². The van der Waals surface area contributed by atoms with Crippen LogP contribution in [0.3, 0.4) is 0 Å². The van der Waals surface area contributed by atoms with Gasteiger partial charge in [0.15, 0.2) is 0 Å². The quantitative estimate of drug-likeness (QED) is 0.516. The standard InChI is InChI=1S/C23H26N4O3S2/c28-20-8-7-18(22(29)25-20)27-11-17-16(23(27)30)5-4-6-19(17)31-13-15-14-32-21(24-15)12-26-9-2-1-3-10-26/h4-6,14,18H,1-3,7-13H2,(H,25,28,29).